The van der Waals surface area contributed by atoms with Crippen molar-refractivity contribution in [1.82, 2.24) is 10.3 Å². The Morgan fingerprint density at radius 2 is 1.85 bits per heavy atom. The van der Waals surface area contributed by atoms with Gasteiger partial charge in [0.25, 0.3) is 0 Å². The zero-order valence-corrected chi connectivity index (χ0v) is 19.1. The lowest BCUT2D eigenvalue weighted by atomic mass is 10.1. The zero-order chi connectivity index (χ0) is 23.2. The maximum absolute atomic E-state index is 12.1. The smallest absolute Gasteiger partial charge is 0.250 e. The number of rotatable bonds is 6. The van der Waals surface area contributed by atoms with E-state index in [9.17, 15) is 4.79 Å². The first-order valence-electron chi connectivity index (χ1n) is 10.4. The van der Waals surface area contributed by atoms with Crippen LogP contribution in [-0.2, 0) is 11.2 Å². The molecule has 0 aliphatic carbocycles. The predicted molar refractivity (Wildman–Crippen MR) is 134 cm³/mol. The molecule has 0 saturated carbocycles. The Balaban J connectivity index is 1.29. The maximum Gasteiger partial charge on any atom is 0.250 e. The second-order valence-electron chi connectivity index (χ2n) is 7.50. The fourth-order valence-electron chi connectivity index (χ4n) is 3.24. The van der Waals surface area contributed by atoms with Crippen molar-refractivity contribution in [3.05, 3.63) is 95.4 Å². The number of thiocarbonyl (C=S) groups is 1. The number of ether oxygens (including phenoxy) is 1. The van der Waals surface area contributed by atoms with E-state index in [0.29, 0.717) is 12.3 Å². The number of anilines is 1. The average molecular weight is 458 g/mol. The fraction of sp³-hybridized carbons (Fsp3) is 0.115. The Bertz CT molecular complexity index is 1310. The van der Waals surface area contributed by atoms with Gasteiger partial charge in [-0.1, -0.05) is 30.3 Å². The Morgan fingerprint density at radius 3 is 2.58 bits per heavy atom. The van der Waals surface area contributed by atoms with Crippen molar-refractivity contribution in [2.24, 2.45) is 0 Å². The number of carbonyl (C=O) groups excluding carboxylic acids is 1. The van der Waals surface area contributed by atoms with Crippen molar-refractivity contribution in [2.75, 3.05) is 12.4 Å². The van der Waals surface area contributed by atoms with Crippen LogP contribution in [0, 0.1) is 6.92 Å². The molecule has 0 bridgehead atoms. The lowest BCUT2D eigenvalue weighted by Crippen LogP contribution is -2.32. The molecule has 1 heterocycles. The number of fused-ring (bicyclic) bond motifs is 1. The average Bonchev–Trinajstić information content (AvgIpc) is 3.20. The minimum atomic E-state index is -0.314. The van der Waals surface area contributed by atoms with Crippen molar-refractivity contribution in [1.29, 1.82) is 0 Å². The molecular formula is C26H23N3O3S. The number of hydrogen-bond acceptors (Lipinski definition) is 5. The molecule has 1 aromatic heterocycles. The number of amides is 1. The molecule has 0 fully saturated rings. The standard InChI is InChI=1S/C26H23N3O3S/c1-17-3-13-23-22(15-17)28-25(32-23)16-19-4-9-20(10-5-19)27-26(33)29-24(30)14-8-18-6-11-21(31-2)12-7-18/h3-15H,16H2,1-2H3,(H2,27,29,30,33)/b14-8+. The monoisotopic (exact) mass is 457 g/mol. The molecule has 166 valence electrons. The first-order chi connectivity index (χ1) is 16.0. The normalized spacial score (nSPS) is 11.0. The van der Waals surface area contributed by atoms with E-state index in [0.717, 1.165) is 39.2 Å². The van der Waals surface area contributed by atoms with E-state index >= 15 is 0 Å². The first-order valence-corrected chi connectivity index (χ1v) is 10.8. The van der Waals surface area contributed by atoms with Crippen LogP contribution in [0.25, 0.3) is 17.2 Å². The molecule has 33 heavy (non-hydrogen) atoms. The molecule has 0 atom stereocenters. The molecule has 0 unspecified atom stereocenters. The molecular weight excluding hydrogens is 434 g/mol. The van der Waals surface area contributed by atoms with Crippen molar-refractivity contribution in [3.63, 3.8) is 0 Å². The lowest BCUT2D eigenvalue weighted by molar-refractivity contribution is -0.115. The summed E-state index contributed by atoms with van der Waals surface area (Å²) in [4.78, 5) is 16.7. The minimum Gasteiger partial charge on any atom is -0.497 e. The van der Waals surface area contributed by atoms with Crippen LogP contribution in [0.4, 0.5) is 5.69 Å². The van der Waals surface area contributed by atoms with Crippen LogP contribution in [0.5, 0.6) is 5.75 Å². The van der Waals surface area contributed by atoms with E-state index in [1.54, 1.807) is 13.2 Å². The Labute approximate surface area is 197 Å². The van der Waals surface area contributed by atoms with Crippen molar-refractivity contribution < 1.29 is 13.9 Å². The van der Waals surface area contributed by atoms with E-state index in [-0.39, 0.29) is 11.0 Å². The van der Waals surface area contributed by atoms with Crippen LogP contribution in [0.2, 0.25) is 0 Å². The molecule has 3 aromatic carbocycles. The van der Waals surface area contributed by atoms with Gasteiger partial charge >= 0.3 is 0 Å². The number of nitrogens with zero attached hydrogens (tertiary/aromatic N) is 1. The number of benzene rings is 3. The molecule has 0 radical (unpaired) electrons. The first kappa shape index (κ1) is 22.2. The number of nitrogens with one attached hydrogen (secondary N) is 2. The van der Waals surface area contributed by atoms with Crippen LogP contribution in [0.1, 0.15) is 22.6 Å². The van der Waals surface area contributed by atoms with Crippen molar-refractivity contribution >= 4 is 46.1 Å². The summed E-state index contributed by atoms with van der Waals surface area (Å²) in [5, 5.41) is 5.88. The van der Waals surface area contributed by atoms with E-state index in [4.69, 9.17) is 21.4 Å². The summed E-state index contributed by atoms with van der Waals surface area (Å²) in [7, 11) is 1.61. The summed E-state index contributed by atoms with van der Waals surface area (Å²) in [6.45, 7) is 2.03. The molecule has 1 amide bonds. The van der Waals surface area contributed by atoms with Gasteiger partial charge in [-0.3, -0.25) is 10.1 Å². The SMILES string of the molecule is COc1ccc(/C=C/C(=O)NC(=S)Nc2ccc(Cc3nc4cc(C)ccc4o3)cc2)cc1. The number of methoxy groups -OCH3 is 1. The van der Waals surface area contributed by atoms with Crippen molar-refractivity contribution in [2.45, 2.75) is 13.3 Å². The van der Waals surface area contributed by atoms with Gasteiger partial charge < -0.3 is 14.5 Å². The molecule has 2 N–H and O–H groups in total. The molecule has 0 aliphatic rings. The van der Waals surface area contributed by atoms with Gasteiger partial charge in [0, 0.05) is 18.2 Å². The van der Waals surface area contributed by atoms with Crippen LogP contribution in [0.3, 0.4) is 0 Å². The second-order valence-corrected chi connectivity index (χ2v) is 7.91. The van der Waals surface area contributed by atoms with Gasteiger partial charge in [0.15, 0.2) is 16.6 Å². The van der Waals surface area contributed by atoms with Crippen molar-refractivity contribution in [3.8, 4) is 5.75 Å². The molecule has 0 spiro atoms. The second kappa shape index (κ2) is 10.1. The highest BCUT2D eigenvalue weighted by Gasteiger charge is 2.08. The minimum absolute atomic E-state index is 0.224. The van der Waals surface area contributed by atoms with Gasteiger partial charge in [0.1, 0.15) is 11.3 Å². The number of aromatic nitrogens is 1. The topological polar surface area (TPSA) is 76.4 Å². The Morgan fingerprint density at radius 1 is 1.09 bits per heavy atom. The largest absolute Gasteiger partial charge is 0.497 e. The van der Waals surface area contributed by atoms with Gasteiger partial charge in [-0.05, 0) is 78.3 Å². The summed E-state index contributed by atoms with van der Waals surface area (Å²) >= 11 is 5.24. The third-order valence-electron chi connectivity index (χ3n) is 4.93. The quantitative estimate of drug-likeness (QED) is 0.304. The van der Waals surface area contributed by atoms with E-state index in [1.165, 1.54) is 6.08 Å². The molecule has 4 rings (SSSR count). The molecule has 0 aliphatic heterocycles. The summed E-state index contributed by atoms with van der Waals surface area (Å²) in [5.74, 6) is 1.12. The fourth-order valence-corrected chi connectivity index (χ4v) is 3.46. The van der Waals surface area contributed by atoms with Gasteiger partial charge in [0.2, 0.25) is 5.91 Å². The number of aryl methyl sites for hydroxylation is 1. The molecule has 0 saturated heterocycles. The number of oxazole rings is 1. The van der Waals surface area contributed by atoms with Crippen LogP contribution < -0.4 is 15.4 Å². The highest BCUT2D eigenvalue weighted by Crippen LogP contribution is 2.20. The van der Waals surface area contributed by atoms with Gasteiger partial charge in [-0.25, -0.2) is 4.98 Å². The maximum atomic E-state index is 12.1. The van der Waals surface area contributed by atoms with E-state index in [2.05, 4.69) is 15.6 Å². The van der Waals surface area contributed by atoms with Crippen LogP contribution in [-0.4, -0.2) is 23.1 Å². The van der Waals surface area contributed by atoms with Gasteiger partial charge in [0.05, 0.1) is 7.11 Å². The van der Waals surface area contributed by atoms with E-state index in [1.807, 2.05) is 73.7 Å². The van der Waals surface area contributed by atoms with Gasteiger partial charge in [-0.2, -0.15) is 0 Å². The summed E-state index contributed by atoms with van der Waals surface area (Å²) in [6, 6.07) is 21.1. The summed E-state index contributed by atoms with van der Waals surface area (Å²) in [6.07, 6.45) is 3.73. The molecule has 6 nitrogen and oxygen atoms in total. The third-order valence-corrected chi connectivity index (χ3v) is 5.14. The molecule has 4 aromatic rings. The van der Waals surface area contributed by atoms with Crippen LogP contribution in [0.15, 0.2) is 77.2 Å². The highest BCUT2D eigenvalue weighted by molar-refractivity contribution is 7.80. The number of carbonyl (C=O) groups is 1. The van der Waals surface area contributed by atoms with E-state index < -0.39 is 0 Å². The Kier molecular flexibility index (Phi) is 6.80. The zero-order valence-electron chi connectivity index (χ0n) is 18.3. The predicted octanol–water partition coefficient (Wildman–Crippen LogP) is 5.26. The number of hydrogen-bond donors (Lipinski definition) is 2. The third kappa shape index (κ3) is 6.05. The Hall–Kier alpha value is -3.97. The van der Waals surface area contributed by atoms with Crippen LogP contribution >= 0.6 is 12.2 Å². The lowest BCUT2D eigenvalue weighted by Gasteiger charge is -2.08. The summed E-state index contributed by atoms with van der Waals surface area (Å²) < 4.78 is 10.9. The highest BCUT2D eigenvalue weighted by atomic mass is 32.1. The summed E-state index contributed by atoms with van der Waals surface area (Å²) in [5.41, 5.74) is 5.52. The van der Waals surface area contributed by atoms with Gasteiger partial charge in [-0.15, -0.1) is 0 Å². The molecule has 7 heteroatoms.